The molecule has 0 heterocycles. The van der Waals surface area contributed by atoms with E-state index < -0.39 is 0 Å². The van der Waals surface area contributed by atoms with Gasteiger partial charge in [0.15, 0.2) is 0 Å². The van der Waals surface area contributed by atoms with E-state index in [4.69, 9.17) is 5.73 Å². The van der Waals surface area contributed by atoms with Gasteiger partial charge in [0.1, 0.15) is 5.82 Å². The van der Waals surface area contributed by atoms with Crippen molar-refractivity contribution in [2.24, 2.45) is 10.7 Å². The summed E-state index contributed by atoms with van der Waals surface area (Å²) in [6, 6.07) is 6.32. The van der Waals surface area contributed by atoms with Crippen molar-refractivity contribution in [3.8, 4) is 0 Å². The fraction of sp³-hybridized carbons (Fsp3) is 0.364. The van der Waals surface area contributed by atoms with Gasteiger partial charge in [0.2, 0.25) is 0 Å². The standard InChI is InChI=1S/C11H15FN2/c1-2-7-14-11(13)8-9-3-5-10(12)6-4-9/h3-6H,2,7-8H2,1H3,(H2,13,14). The fourth-order valence-corrected chi connectivity index (χ4v) is 1.12. The summed E-state index contributed by atoms with van der Waals surface area (Å²) in [4.78, 5) is 4.16. The minimum absolute atomic E-state index is 0.224. The summed E-state index contributed by atoms with van der Waals surface area (Å²) in [7, 11) is 0. The number of halogens is 1. The summed E-state index contributed by atoms with van der Waals surface area (Å²) in [5, 5.41) is 0. The van der Waals surface area contributed by atoms with Crippen molar-refractivity contribution in [1.29, 1.82) is 0 Å². The normalized spacial score (nSPS) is 11.7. The lowest BCUT2D eigenvalue weighted by Crippen LogP contribution is -2.15. The first-order valence-electron chi connectivity index (χ1n) is 4.75. The zero-order valence-corrected chi connectivity index (χ0v) is 8.33. The molecule has 76 valence electrons. The Balaban J connectivity index is 2.56. The lowest BCUT2D eigenvalue weighted by molar-refractivity contribution is 0.627. The van der Waals surface area contributed by atoms with Crippen LogP contribution in [0.2, 0.25) is 0 Å². The molecule has 0 saturated carbocycles. The van der Waals surface area contributed by atoms with Gasteiger partial charge in [-0.2, -0.15) is 0 Å². The number of amidine groups is 1. The molecule has 0 aromatic heterocycles. The Morgan fingerprint density at radius 3 is 2.57 bits per heavy atom. The van der Waals surface area contributed by atoms with Gasteiger partial charge in [-0.05, 0) is 24.1 Å². The van der Waals surface area contributed by atoms with Gasteiger partial charge in [-0.1, -0.05) is 19.1 Å². The van der Waals surface area contributed by atoms with Gasteiger partial charge in [0, 0.05) is 13.0 Å². The highest BCUT2D eigenvalue weighted by Crippen LogP contribution is 2.03. The smallest absolute Gasteiger partial charge is 0.123 e. The predicted molar refractivity (Wildman–Crippen MR) is 56.9 cm³/mol. The minimum Gasteiger partial charge on any atom is -0.387 e. The van der Waals surface area contributed by atoms with Crippen molar-refractivity contribution in [3.05, 3.63) is 35.6 Å². The van der Waals surface area contributed by atoms with E-state index in [2.05, 4.69) is 11.9 Å². The first kappa shape index (κ1) is 10.7. The monoisotopic (exact) mass is 194 g/mol. The van der Waals surface area contributed by atoms with Crippen LogP contribution in [-0.4, -0.2) is 12.4 Å². The Kier molecular flexibility index (Phi) is 4.11. The number of benzene rings is 1. The summed E-state index contributed by atoms with van der Waals surface area (Å²) in [6.07, 6.45) is 1.59. The molecule has 2 N–H and O–H groups in total. The minimum atomic E-state index is -0.224. The third-order valence-electron chi connectivity index (χ3n) is 1.84. The van der Waals surface area contributed by atoms with E-state index in [0.717, 1.165) is 18.5 Å². The zero-order valence-electron chi connectivity index (χ0n) is 8.33. The van der Waals surface area contributed by atoms with Crippen LogP contribution in [0.3, 0.4) is 0 Å². The second-order valence-corrected chi connectivity index (χ2v) is 3.18. The van der Waals surface area contributed by atoms with Crippen molar-refractivity contribution >= 4 is 5.84 Å². The molecule has 0 aliphatic rings. The van der Waals surface area contributed by atoms with Crippen LogP contribution in [0.1, 0.15) is 18.9 Å². The Labute approximate surface area is 83.7 Å². The van der Waals surface area contributed by atoms with Gasteiger partial charge in [0.05, 0.1) is 5.84 Å². The molecular formula is C11H15FN2. The van der Waals surface area contributed by atoms with E-state index in [9.17, 15) is 4.39 Å². The molecule has 1 aromatic carbocycles. The lowest BCUT2D eigenvalue weighted by Gasteiger charge is -2.00. The number of nitrogens with two attached hydrogens (primary N) is 1. The highest BCUT2D eigenvalue weighted by molar-refractivity contribution is 5.82. The molecule has 1 aromatic rings. The van der Waals surface area contributed by atoms with E-state index >= 15 is 0 Å². The van der Waals surface area contributed by atoms with Crippen molar-refractivity contribution in [1.82, 2.24) is 0 Å². The molecule has 0 saturated heterocycles. The Bertz CT molecular complexity index is 304. The second-order valence-electron chi connectivity index (χ2n) is 3.18. The summed E-state index contributed by atoms with van der Waals surface area (Å²) in [5.41, 5.74) is 6.68. The van der Waals surface area contributed by atoms with Gasteiger partial charge in [-0.25, -0.2) is 4.39 Å². The molecule has 0 amide bonds. The van der Waals surface area contributed by atoms with Crippen LogP contribution in [0.15, 0.2) is 29.3 Å². The van der Waals surface area contributed by atoms with E-state index in [0.29, 0.717) is 12.3 Å². The average Bonchev–Trinajstić information content (AvgIpc) is 2.18. The predicted octanol–water partition coefficient (Wildman–Crippen LogP) is 2.14. The summed E-state index contributed by atoms with van der Waals surface area (Å²) < 4.78 is 12.6. The first-order valence-corrected chi connectivity index (χ1v) is 4.75. The molecule has 0 spiro atoms. The molecule has 0 bridgehead atoms. The molecular weight excluding hydrogens is 179 g/mol. The van der Waals surface area contributed by atoms with Crippen LogP contribution >= 0.6 is 0 Å². The highest BCUT2D eigenvalue weighted by Gasteiger charge is 1.96. The van der Waals surface area contributed by atoms with E-state index in [1.807, 2.05) is 0 Å². The third-order valence-corrected chi connectivity index (χ3v) is 1.84. The molecule has 14 heavy (non-hydrogen) atoms. The van der Waals surface area contributed by atoms with Crippen LogP contribution in [0, 0.1) is 5.82 Å². The van der Waals surface area contributed by atoms with Crippen molar-refractivity contribution in [2.45, 2.75) is 19.8 Å². The molecule has 0 radical (unpaired) electrons. The number of aliphatic imine (C=N–C) groups is 1. The van der Waals surface area contributed by atoms with Crippen molar-refractivity contribution in [3.63, 3.8) is 0 Å². The van der Waals surface area contributed by atoms with E-state index in [-0.39, 0.29) is 5.82 Å². The topological polar surface area (TPSA) is 38.4 Å². The fourth-order valence-electron chi connectivity index (χ4n) is 1.12. The van der Waals surface area contributed by atoms with Crippen molar-refractivity contribution in [2.75, 3.05) is 6.54 Å². The first-order chi connectivity index (χ1) is 6.72. The van der Waals surface area contributed by atoms with E-state index in [1.165, 1.54) is 12.1 Å². The second kappa shape index (κ2) is 5.37. The quantitative estimate of drug-likeness (QED) is 0.578. The maximum Gasteiger partial charge on any atom is 0.123 e. The number of hydrogen-bond donors (Lipinski definition) is 1. The van der Waals surface area contributed by atoms with Gasteiger partial charge in [-0.3, -0.25) is 4.99 Å². The highest BCUT2D eigenvalue weighted by atomic mass is 19.1. The molecule has 0 aliphatic carbocycles. The molecule has 0 unspecified atom stereocenters. The van der Waals surface area contributed by atoms with Crippen LogP contribution in [-0.2, 0) is 6.42 Å². The molecule has 0 atom stereocenters. The largest absolute Gasteiger partial charge is 0.387 e. The average molecular weight is 194 g/mol. The summed E-state index contributed by atoms with van der Waals surface area (Å²) in [5.74, 6) is 0.385. The molecule has 0 aliphatic heterocycles. The van der Waals surface area contributed by atoms with Crippen LogP contribution in [0.4, 0.5) is 4.39 Å². The summed E-state index contributed by atoms with van der Waals surface area (Å²) in [6.45, 7) is 2.81. The Hall–Kier alpha value is -1.38. The van der Waals surface area contributed by atoms with Crippen LogP contribution in [0.5, 0.6) is 0 Å². The van der Waals surface area contributed by atoms with E-state index in [1.54, 1.807) is 12.1 Å². The third kappa shape index (κ3) is 3.56. The van der Waals surface area contributed by atoms with Gasteiger partial charge >= 0.3 is 0 Å². The van der Waals surface area contributed by atoms with Gasteiger partial charge in [0.25, 0.3) is 0 Å². The van der Waals surface area contributed by atoms with Crippen LogP contribution < -0.4 is 5.73 Å². The van der Waals surface area contributed by atoms with Gasteiger partial charge in [-0.15, -0.1) is 0 Å². The van der Waals surface area contributed by atoms with Gasteiger partial charge < -0.3 is 5.73 Å². The van der Waals surface area contributed by atoms with Crippen molar-refractivity contribution < 1.29 is 4.39 Å². The van der Waals surface area contributed by atoms with Crippen LogP contribution in [0.25, 0.3) is 0 Å². The maximum atomic E-state index is 12.6. The summed E-state index contributed by atoms with van der Waals surface area (Å²) >= 11 is 0. The Morgan fingerprint density at radius 2 is 2.00 bits per heavy atom. The molecule has 0 fully saturated rings. The number of nitrogens with zero attached hydrogens (tertiary/aromatic N) is 1. The SMILES string of the molecule is CCCN=C(N)Cc1ccc(F)cc1. The Morgan fingerprint density at radius 1 is 1.36 bits per heavy atom. The molecule has 2 nitrogen and oxygen atoms in total. The lowest BCUT2D eigenvalue weighted by atomic mass is 10.1. The number of rotatable bonds is 4. The maximum absolute atomic E-state index is 12.6. The number of hydrogen-bond acceptors (Lipinski definition) is 1. The molecule has 1 rings (SSSR count). The zero-order chi connectivity index (χ0) is 10.4. The molecule has 3 heteroatoms.